The first kappa shape index (κ1) is 30.4. The summed E-state index contributed by atoms with van der Waals surface area (Å²) in [6, 6.07) is 60.7. The van der Waals surface area contributed by atoms with E-state index in [4.69, 9.17) is 19.9 Å². The molecule has 0 amide bonds. The third kappa shape index (κ3) is 5.39. The monoisotopic (exact) mass is 681 g/mol. The van der Waals surface area contributed by atoms with Gasteiger partial charge in [-0.05, 0) is 102 Å². The first-order valence-electron chi connectivity index (χ1n) is 17.6. The van der Waals surface area contributed by atoms with Gasteiger partial charge in [0, 0.05) is 52.0 Å². The van der Waals surface area contributed by atoms with Gasteiger partial charge in [0.05, 0.1) is 0 Å². The summed E-state index contributed by atoms with van der Waals surface area (Å²) in [5, 5.41) is 2.35. The van der Waals surface area contributed by atoms with Gasteiger partial charge in [-0.2, -0.15) is 0 Å². The fraction of sp³-hybridized carbons (Fsp3) is 0. The van der Waals surface area contributed by atoms with Crippen LogP contribution >= 0.6 is 0 Å². The van der Waals surface area contributed by atoms with Crippen molar-refractivity contribution in [3.05, 3.63) is 188 Å². The molecule has 0 atom stereocenters. The molecule has 0 radical (unpaired) electrons. The molecule has 6 aromatic carbocycles. The minimum atomic E-state index is 0.778. The highest BCUT2D eigenvalue weighted by atomic mass is 15.2. The van der Waals surface area contributed by atoms with Crippen LogP contribution in [-0.2, 0) is 0 Å². The number of imidazole rings is 2. The number of rotatable bonds is 7. The van der Waals surface area contributed by atoms with Crippen molar-refractivity contribution in [3.63, 3.8) is 0 Å². The van der Waals surface area contributed by atoms with Gasteiger partial charge in [0.2, 0.25) is 0 Å². The Morgan fingerprint density at radius 1 is 0.377 bits per heavy atom. The standard InChI is InChI=1S/C46H31N7/c1-4-16-36(17-5-1)51(39-25-24-32-14-10-11-15-33(32)29-39)40-30-34(43-49-41-22-12-26-47-45(41)52(43)37-18-6-2-7-19-37)28-35(31-40)44-50-42-23-13-27-48-46(42)53(44)38-20-8-3-9-21-38/h1-31H. The minimum Gasteiger partial charge on any atom is -0.310 e. The van der Waals surface area contributed by atoms with Gasteiger partial charge >= 0.3 is 0 Å². The molecule has 0 bridgehead atoms. The van der Waals surface area contributed by atoms with Crippen LogP contribution < -0.4 is 4.90 Å². The van der Waals surface area contributed by atoms with Gasteiger partial charge in [0.25, 0.3) is 0 Å². The van der Waals surface area contributed by atoms with E-state index in [2.05, 4.69) is 123 Å². The molecule has 0 aliphatic rings. The third-order valence-electron chi connectivity index (χ3n) is 9.56. The predicted molar refractivity (Wildman–Crippen MR) is 214 cm³/mol. The van der Waals surface area contributed by atoms with Crippen molar-refractivity contribution in [1.82, 2.24) is 29.1 Å². The predicted octanol–water partition coefficient (Wildman–Crippen LogP) is 11.1. The Kier molecular flexibility index (Phi) is 7.32. The van der Waals surface area contributed by atoms with Crippen molar-refractivity contribution >= 4 is 50.2 Å². The van der Waals surface area contributed by atoms with Gasteiger partial charge in [-0.25, -0.2) is 19.9 Å². The molecule has 0 unspecified atom stereocenters. The summed E-state index contributed by atoms with van der Waals surface area (Å²) in [7, 11) is 0. The van der Waals surface area contributed by atoms with Crippen LogP contribution in [0.25, 0.3) is 67.3 Å². The van der Waals surface area contributed by atoms with E-state index in [-0.39, 0.29) is 0 Å². The Morgan fingerprint density at radius 3 is 1.45 bits per heavy atom. The zero-order chi connectivity index (χ0) is 35.1. The lowest BCUT2D eigenvalue weighted by Crippen LogP contribution is -2.11. The normalized spacial score (nSPS) is 11.4. The van der Waals surface area contributed by atoms with E-state index in [0.29, 0.717) is 0 Å². The van der Waals surface area contributed by atoms with Crippen LogP contribution in [0.15, 0.2) is 188 Å². The Hall–Kier alpha value is -7.38. The van der Waals surface area contributed by atoms with E-state index in [1.54, 1.807) is 0 Å². The second kappa shape index (κ2) is 12.7. The molecular weight excluding hydrogens is 651 g/mol. The molecule has 0 spiro atoms. The topological polar surface area (TPSA) is 64.7 Å². The molecule has 10 aromatic rings. The molecule has 7 nitrogen and oxygen atoms in total. The smallest absolute Gasteiger partial charge is 0.164 e. The zero-order valence-corrected chi connectivity index (χ0v) is 28.5. The molecule has 7 heteroatoms. The average Bonchev–Trinajstić information content (AvgIpc) is 3.82. The summed E-state index contributed by atoms with van der Waals surface area (Å²) in [4.78, 5) is 22.4. The summed E-state index contributed by atoms with van der Waals surface area (Å²) >= 11 is 0. The fourth-order valence-corrected chi connectivity index (χ4v) is 7.19. The van der Waals surface area contributed by atoms with E-state index < -0.39 is 0 Å². The number of aromatic nitrogens is 6. The van der Waals surface area contributed by atoms with Crippen LogP contribution in [0, 0.1) is 0 Å². The number of pyridine rings is 2. The number of anilines is 3. The summed E-state index contributed by atoms with van der Waals surface area (Å²) in [5.74, 6) is 1.56. The van der Waals surface area contributed by atoms with Gasteiger partial charge in [0.15, 0.2) is 11.3 Å². The average molecular weight is 682 g/mol. The van der Waals surface area contributed by atoms with Crippen LogP contribution in [0.5, 0.6) is 0 Å². The van der Waals surface area contributed by atoms with Crippen molar-refractivity contribution in [2.45, 2.75) is 0 Å². The number of benzene rings is 6. The van der Waals surface area contributed by atoms with E-state index in [1.165, 1.54) is 5.39 Å². The molecule has 0 saturated carbocycles. The highest BCUT2D eigenvalue weighted by molar-refractivity contribution is 5.92. The highest BCUT2D eigenvalue weighted by Crippen LogP contribution is 2.41. The molecule has 0 N–H and O–H groups in total. The van der Waals surface area contributed by atoms with Gasteiger partial charge in [-0.3, -0.25) is 9.13 Å². The maximum absolute atomic E-state index is 5.25. The number of hydrogen-bond acceptors (Lipinski definition) is 5. The second-order valence-corrected chi connectivity index (χ2v) is 12.9. The molecule has 0 saturated heterocycles. The second-order valence-electron chi connectivity index (χ2n) is 12.9. The fourth-order valence-electron chi connectivity index (χ4n) is 7.19. The molecule has 4 aromatic heterocycles. The first-order chi connectivity index (χ1) is 26.3. The van der Waals surface area contributed by atoms with Crippen molar-refractivity contribution in [1.29, 1.82) is 0 Å². The van der Waals surface area contributed by atoms with Crippen LogP contribution in [-0.4, -0.2) is 29.1 Å². The number of para-hydroxylation sites is 3. The van der Waals surface area contributed by atoms with E-state index in [1.807, 2.05) is 79.1 Å². The van der Waals surface area contributed by atoms with Gasteiger partial charge in [0.1, 0.15) is 22.7 Å². The van der Waals surface area contributed by atoms with Crippen molar-refractivity contribution in [2.24, 2.45) is 0 Å². The number of nitrogens with zero attached hydrogens (tertiary/aromatic N) is 7. The molecule has 10 rings (SSSR count). The Bertz CT molecular complexity index is 2760. The lowest BCUT2D eigenvalue weighted by Gasteiger charge is -2.27. The van der Waals surface area contributed by atoms with Gasteiger partial charge < -0.3 is 4.90 Å². The van der Waals surface area contributed by atoms with Crippen LogP contribution in [0.2, 0.25) is 0 Å². The van der Waals surface area contributed by atoms with E-state index >= 15 is 0 Å². The lowest BCUT2D eigenvalue weighted by molar-refractivity contribution is 1.07. The molecule has 0 aliphatic carbocycles. The largest absolute Gasteiger partial charge is 0.310 e. The summed E-state index contributed by atoms with van der Waals surface area (Å²) in [6.45, 7) is 0. The van der Waals surface area contributed by atoms with Crippen LogP contribution in [0.1, 0.15) is 0 Å². The number of fused-ring (bicyclic) bond motifs is 3. The SMILES string of the molecule is c1ccc(N(c2cc(-c3nc4cccnc4n3-c3ccccc3)cc(-c3nc4cccnc4n3-c3ccccc3)c2)c2ccc3ccccc3c2)cc1. The van der Waals surface area contributed by atoms with Crippen molar-refractivity contribution in [2.75, 3.05) is 4.90 Å². The number of hydrogen-bond donors (Lipinski definition) is 0. The third-order valence-corrected chi connectivity index (χ3v) is 9.56. The molecule has 53 heavy (non-hydrogen) atoms. The Morgan fingerprint density at radius 2 is 0.887 bits per heavy atom. The zero-order valence-electron chi connectivity index (χ0n) is 28.5. The molecule has 250 valence electrons. The van der Waals surface area contributed by atoms with Crippen molar-refractivity contribution in [3.8, 4) is 34.2 Å². The highest BCUT2D eigenvalue weighted by Gasteiger charge is 2.23. The van der Waals surface area contributed by atoms with E-state index in [9.17, 15) is 0 Å². The Balaban J connectivity index is 1.29. The maximum Gasteiger partial charge on any atom is 0.164 e. The molecule has 0 aliphatic heterocycles. The summed E-state index contributed by atoms with van der Waals surface area (Å²) < 4.78 is 4.28. The summed E-state index contributed by atoms with van der Waals surface area (Å²) in [5.41, 5.74) is 10.0. The molecule has 4 heterocycles. The quantitative estimate of drug-likeness (QED) is 0.167. The lowest BCUT2D eigenvalue weighted by atomic mass is 10.0. The van der Waals surface area contributed by atoms with Gasteiger partial charge in [-0.15, -0.1) is 0 Å². The first-order valence-corrected chi connectivity index (χ1v) is 17.6. The summed E-state index contributed by atoms with van der Waals surface area (Å²) in [6.07, 6.45) is 3.64. The van der Waals surface area contributed by atoms with Crippen LogP contribution in [0.4, 0.5) is 17.1 Å². The molecule has 0 fully saturated rings. The van der Waals surface area contributed by atoms with Gasteiger partial charge in [-0.1, -0.05) is 84.9 Å². The van der Waals surface area contributed by atoms with Crippen molar-refractivity contribution < 1.29 is 0 Å². The molecular formula is C46H31N7. The maximum atomic E-state index is 5.25. The van der Waals surface area contributed by atoms with E-state index in [0.717, 1.165) is 78.9 Å². The Labute approximate surface area is 305 Å². The minimum absolute atomic E-state index is 0.778. The van der Waals surface area contributed by atoms with Crippen LogP contribution in [0.3, 0.4) is 0 Å².